The Labute approximate surface area is 111 Å². The van der Waals surface area contributed by atoms with Crippen LogP contribution in [-0.4, -0.2) is 45.7 Å². The van der Waals surface area contributed by atoms with E-state index in [1.54, 1.807) is 0 Å². The topological polar surface area (TPSA) is 18.5 Å². The molecule has 1 aliphatic heterocycles. The monoisotopic (exact) mass is 247 g/mol. The second-order valence-corrected chi connectivity index (χ2v) is 5.79. The van der Waals surface area contributed by atoms with Crippen LogP contribution in [0.4, 0.5) is 5.69 Å². The molecule has 2 rings (SSSR count). The van der Waals surface area contributed by atoms with Crippen LogP contribution >= 0.6 is 0 Å². The molecule has 0 aromatic heterocycles. The number of hydrogen-bond donors (Lipinski definition) is 1. The number of nitrogens with one attached hydrogen (secondary N) is 1. The molecule has 3 heteroatoms. The molecule has 1 N–H and O–H groups in total. The molecule has 0 spiro atoms. The smallest absolute Gasteiger partial charge is 0.0534 e. The van der Waals surface area contributed by atoms with Gasteiger partial charge in [0, 0.05) is 26.3 Å². The van der Waals surface area contributed by atoms with Gasteiger partial charge in [-0.2, -0.15) is 0 Å². The van der Waals surface area contributed by atoms with Crippen molar-refractivity contribution in [2.75, 3.05) is 45.7 Å². The zero-order chi connectivity index (χ0) is 13.2. The standard InChI is InChI=1S/C15H25N3/c1-15(12-18(4)11-5-10-16-15)13-6-8-14(9-7-13)17(2)3/h6-9,16H,5,10-12H2,1-4H3. The Morgan fingerprint density at radius 3 is 2.50 bits per heavy atom. The lowest BCUT2D eigenvalue weighted by atomic mass is 9.91. The normalized spacial score (nSPS) is 25.8. The predicted molar refractivity (Wildman–Crippen MR) is 78.2 cm³/mol. The summed E-state index contributed by atoms with van der Waals surface area (Å²) in [5.74, 6) is 0. The van der Waals surface area contributed by atoms with Crippen LogP contribution in [0.5, 0.6) is 0 Å². The maximum absolute atomic E-state index is 3.70. The van der Waals surface area contributed by atoms with Gasteiger partial charge in [0.25, 0.3) is 0 Å². The lowest BCUT2D eigenvalue weighted by Crippen LogP contribution is -2.45. The maximum Gasteiger partial charge on any atom is 0.0534 e. The molecule has 0 radical (unpaired) electrons. The van der Waals surface area contributed by atoms with Crippen molar-refractivity contribution in [1.29, 1.82) is 0 Å². The summed E-state index contributed by atoms with van der Waals surface area (Å²) in [5, 5.41) is 3.70. The molecule has 1 atom stereocenters. The van der Waals surface area contributed by atoms with Crippen molar-refractivity contribution in [1.82, 2.24) is 10.2 Å². The third-order valence-corrected chi connectivity index (χ3v) is 3.84. The molecule has 1 fully saturated rings. The Morgan fingerprint density at radius 1 is 1.22 bits per heavy atom. The van der Waals surface area contributed by atoms with Crippen LogP contribution in [-0.2, 0) is 5.54 Å². The zero-order valence-corrected chi connectivity index (χ0v) is 12.0. The Kier molecular flexibility index (Phi) is 3.93. The van der Waals surface area contributed by atoms with Crippen LogP contribution in [0, 0.1) is 0 Å². The SMILES string of the molecule is CN1CCCNC(C)(c2ccc(N(C)C)cc2)C1. The van der Waals surface area contributed by atoms with Crippen molar-refractivity contribution in [2.24, 2.45) is 0 Å². The first-order valence-corrected chi connectivity index (χ1v) is 6.73. The Morgan fingerprint density at radius 2 is 1.89 bits per heavy atom. The summed E-state index contributed by atoms with van der Waals surface area (Å²) in [7, 11) is 6.36. The highest BCUT2D eigenvalue weighted by atomic mass is 15.2. The summed E-state index contributed by atoms with van der Waals surface area (Å²) in [5.41, 5.74) is 2.70. The number of nitrogens with zero attached hydrogens (tertiary/aromatic N) is 2. The first kappa shape index (κ1) is 13.4. The summed E-state index contributed by atoms with van der Waals surface area (Å²) in [6, 6.07) is 8.91. The molecule has 1 heterocycles. The third kappa shape index (κ3) is 2.85. The van der Waals surface area contributed by atoms with Gasteiger partial charge in [0.15, 0.2) is 0 Å². The molecule has 1 unspecified atom stereocenters. The predicted octanol–water partition coefficient (Wildman–Crippen LogP) is 1.89. The Hall–Kier alpha value is -1.06. The molecular weight excluding hydrogens is 222 g/mol. The molecule has 1 saturated heterocycles. The fourth-order valence-electron chi connectivity index (χ4n) is 2.71. The van der Waals surface area contributed by atoms with Crippen molar-refractivity contribution in [3.63, 3.8) is 0 Å². The van der Waals surface area contributed by atoms with Gasteiger partial charge in [0.1, 0.15) is 0 Å². The first-order valence-electron chi connectivity index (χ1n) is 6.73. The van der Waals surface area contributed by atoms with Gasteiger partial charge < -0.3 is 15.1 Å². The van der Waals surface area contributed by atoms with E-state index >= 15 is 0 Å². The largest absolute Gasteiger partial charge is 0.378 e. The number of anilines is 1. The summed E-state index contributed by atoms with van der Waals surface area (Å²) in [6.07, 6.45) is 1.22. The van der Waals surface area contributed by atoms with Crippen LogP contribution in [0.2, 0.25) is 0 Å². The lowest BCUT2D eigenvalue weighted by Gasteiger charge is -2.33. The van der Waals surface area contributed by atoms with E-state index in [0.29, 0.717) is 0 Å². The minimum absolute atomic E-state index is 0.0656. The first-order chi connectivity index (χ1) is 8.51. The molecule has 0 bridgehead atoms. The number of rotatable bonds is 2. The van der Waals surface area contributed by atoms with Crippen molar-refractivity contribution in [2.45, 2.75) is 18.9 Å². The molecule has 0 saturated carbocycles. The zero-order valence-electron chi connectivity index (χ0n) is 12.0. The molecule has 100 valence electrons. The maximum atomic E-state index is 3.70. The number of benzene rings is 1. The van der Waals surface area contributed by atoms with Gasteiger partial charge in [0.2, 0.25) is 0 Å². The van der Waals surface area contributed by atoms with E-state index in [0.717, 1.165) is 13.1 Å². The van der Waals surface area contributed by atoms with E-state index < -0.39 is 0 Å². The Bertz CT molecular complexity index is 385. The van der Waals surface area contributed by atoms with Gasteiger partial charge in [-0.1, -0.05) is 12.1 Å². The van der Waals surface area contributed by atoms with Crippen LogP contribution in [0.15, 0.2) is 24.3 Å². The van der Waals surface area contributed by atoms with Crippen molar-refractivity contribution >= 4 is 5.69 Å². The highest BCUT2D eigenvalue weighted by Gasteiger charge is 2.29. The average molecular weight is 247 g/mol. The fourth-order valence-corrected chi connectivity index (χ4v) is 2.71. The van der Waals surface area contributed by atoms with Crippen LogP contribution in [0.1, 0.15) is 18.9 Å². The van der Waals surface area contributed by atoms with Crippen LogP contribution < -0.4 is 10.2 Å². The summed E-state index contributed by atoms with van der Waals surface area (Å²) < 4.78 is 0. The number of likely N-dealkylation sites (N-methyl/N-ethyl adjacent to an activating group) is 1. The van der Waals surface area contributed by atoms with Crippen molar-refractivity contribution in [3.8, 4) is 0 Å². The minimum atomic E-state index is 0.0656. The van der Waals surface area contributed by atoms with E-state index in [2.05, 4.69) is 67.4 Å². The molecule has 1 aromatic carbocycles. The average Bonchev–Trinajstić information content (AvgIpc) is 2.51. The molecule has 1 aromatic rings. The second-order valence-electron chi connectivity index (χ2n) is 5.79. The van der Waals surface area contributed by atoms with Crippen LogP contribution in [0.3, 0.4) is 0 Å². The van der Waals surface area contributed by atoms with E-state index in [9.17, 15) is 0 Å². The van der Waals surface area contributed by atoms with E-state index in [4.69, 9.17) is 0 Å². The quantitative estimate of drug-likeness (QED) is 0.861. The summed E-state index contributed by atoms with van der Waals surface area (Å²) >= 11 is 0. The summed E-state index contributed by atoms with van der Waals surface area (Å²) in [6.45, 7) is 5.64. The molecule has 0 amide bonds. The van der Waals surface area contributed by atoms with Crippen LogP contribution in [0.25, 0.3) is 0 Å². The van der Waals surface area contributed by atoms with Crippen molar-refractivity contribution < 1.29 is 0 Å². The third-order valence-electron chi connectivity index (χ3n) is 3.84. The highest BCUT2D eigenvalue weighted by Crippen LogP contribution is 2.25. The van der Waals surface area contributed by atoms with Gasteiger partial charge in [0.05, 0.1) is 5.54 Å². The summed E-state index contributed by atoms with van der Waals surface area (Å²) in [4.78, 5) is 4.55. The lowest BCUT2D eigenvalue weighted by molar-refractivity contribution is 0.259. The number of hydrogen-bond acceptors (Lipinski definition) is 3. The highest BCUT2D eigenvalue weighted by molar-refractivity contribution is 5.47. The van der Waals surface area contributed by atoms with Gasteiger partial charge in [-0.05, 0) is 51.2 Å². The Balaban J connectivity index is 2.22. The van der Waals surface area contributed by atoms with E-state index in [1.165, 1.54) is 24.2 Å². The minimum Gasteiger partial charge on any atom is -0.378 e. The van der Waals surface area contributed by atoms with Gasteiger partial charge in [-0.15, -0.1) is 0 Å². The van der Waals surface area contributed by atoms with E-state index in [-0.39, 0.29) is 5.54 Å². The van der Waals surface area contributed by atoms with E-state index in [1.807, 2.05) is 0 Å². The van der Waals surface area contributed by atoms with Gasteiger partial charge in [-0.25, -0.2) is 0 Å². The molecular formula is C15H25N3. The second kappa shape index (κ2) is 5.29. The van der Waals surface area contributed by atoms with Crippen molar-refractivity contribution in [3.05, 3.63) is 29.8 Å². The van der Waals surface area contributed by atoms with Gasteiger partial charge in [-0.3, -0.25) is 0 Å². The fraction of sp³-hybridized carbons (Fsp3) is 0.600. The molecule has 3 nitrogen and oxygen atoms in total. The molecule has 1 aliphatic rings. The van der Waals surface area contributed by atoms with Gasteiger partial charge >= 0.3 is 0 Å². The molecule has 18 heavy (non-hydrogen) atoms. The molecule has 0 aliphatic carbocycles.